The second-order valence-electron chi connectivity index (χ2n) is 3.41. The Morgan fingerprint density at radius 1 is 1.59 bits per heavy atom. The summed E-state index contributed by atoms with van der Waals surface area (Å²) in [4.78, 5) is 14.6. The minimum absolute atomic E-state index is 0.137. The standard InChI is InChI=1S/C11H12N2O3S/c14-10(15)3-7-17-11-12-4-5-13(11)8-9-2-1-6-16-9/h1-2,4-6H,3,7-8H2,(H,14,15). The number of carboxylic acids is 1. The minimum atomic E-state index is -0.790. The number of furan rings is 1. The Morgan fingerprint density at radius 3 is 3.18 bits per heavy atom. The van der Waals surface area contributed by atoms with Crippen molar-refractivity contribution in [3.8, 4) is 0 Å². The van der Waals surface area contributed by atoms with Crippen LogP contribution in [0.3, 0.4) is 0 Å². The van der Waals surface area contributed by atoms with Crippen LogP contribution in [-0.4, -0.2) is 26.4 Å². The van der Waals surface area contributed by atoms with E-state index in [4.69, 9.17) is 9.52 Å². The summed E-state index contributed by atoms with van der Waals surface area (Å²) in [6.45, 7) is 0.613. The van der Waals surface area contributed by atoms with Crippen molar-refractivity contribution in [3.63, 3.8) is 0 Å². The molecule has 0 aliphatic rings. The number of carboxylic acid groups (broad SMARTS) is 1. The van der Waals surface area contributed by atoms with Crippen LogP contribution >= 0.6 is 11.8 Å². The highest BCUT2D eigenvalue weighted by molar-refractivity contribution is 7.99. The van der Waals surface area contributed by atoms with E-state index in [0.29, 0.717) is 12.3 Å². The Labute approximate surface area is 102 Å². The van der Waals surface area contributed by atoms with Crippen LogP contribution in [-0.2, 0) is 11.3 Å². The largest absolute Gasteiger partial charge is 0.481 e. The second-order valence-corrected chi connectivity index (χ2v) is 4.47. The first-order valence-electron chi connectivity index (χ1n) is 5.14. The highest BCUT2D eigenvalue weighted by atomic mass is 32.2. The summed E-state index contributed by atoms with van der Waals surface area (Å²) < 4.78 is 7.19. The van der Waals surface area contributed by atoms with Crippen molar-refractivity contribution < 1.29 is 14.3 Å². The zero-order valence-corrected chi connectivity index (χ0v) is 9.89. The van der Waals surface area contributed by atoms with Crippen LogP contribution in [0.1, 0.15) is 12.2 Å². The normalized spacial score (nSPS) is 10.6. The lowest BCUT2D eigenvalue weighted by Crippen LogP contribution is -2.01. The van der Waals surface area contributed by atoms with E-state index in [1.165, 1.54) is 11.8 Å². The van der Waals surface area contributed by atoms with Crippen molar-refractivity contribution in [2.75, 3.05) is 5.75 Å². The first kappa shape index (κ1) is 11.8. The van der Waals surface area contributed by atoms with Gasteiger partial charge in [-0.3, -0.25) is 4.79 Å². The Morgan fingerprint density at radius 2 is 2.47 bits per heavy atom. The van der Waals surface area contributed by atoms with Gasteiger partial charge in [-0.2, -0.15) is 0 Å². The lowest BCUT2D eigenvalue weighted by molar-refractivity contribution is -0.136. The zero-order valence-electron chi connectivity index (χ0n) is 9.07. The molecular formula is C11H12N2O3S. The first-order chi connectivity index (χ1) is 8.25. The van der Waals surface area contributed by atoms with Gasteiger partial charge in [-0.25, -0.2) is 4.98 Å². The van der Waals surface area contributed by atoms with E-state index in [0.717, 1.165) is 10.9 Å². The molecule has 0 unspecified atom stereocenters. The number of hydrogen-bond acceptors (Lipinski definition) is 4. The number of imidazole rings is 1. The number of aromatic nitrogens is 2. The summed E-state index contributed by atoms with van der Waals surface area (Å²) in [6, 6.07) is 3.73. The fourth-order valence-electron chi connectivity index (χ4n) is 1.36. The highest BCUT2D eigenvalue weighted by Crippen LogP contribution is 2.18. The van der Waals surface area contributed by atoms with Crippen molar-refractivity contribution in [2.24, 2.45) is 0 Å². The lowest BCUT2D eigenvalue weighted by Gasteiger charge is -2.04. The van der Waals surface area contributed by atoms with Crippen molar-refractivity contribution in [1.29, 1.82) is 0 Å². The minimum Gasteiger partial charge on any atom is -0.481 e. The van der Waals surface area contributed by atoms with E-state index in [1.807, 2.05) is 22.9 Å². The van der Waals surface area contributed by atoms with Gasteiger partial charge in [0.15, 0.2) is 5.16 Å². The fourth-order valence-corrected chi connectivity index (χ4v) is 2.24. The maximum Gasteiger partial charge on any atom is 0.304 e. The van der Waals surface area contributed by atoms with Gasteiger partial charge in [0.25, 0.3) is 0 Å². The zero-order chi connectivity index (χ0) is 12.1. The molecule has 2 aromatic heterocycles. The third kappa shape index (κ3) is 3.39. The fraction of sp³-hybridized carbons (Fsp3) is 0.273. The molecule has 0 bridgehead atoms. The smallest absolute Gasteiger partial charge is 0.304 e. The number of nitrogens with zero attached hydrogens (tertiary/aromatic N) is 2. The molecule has 1 N–H and O–H groups in total. The van der Waals surface area contributed by atoms with Crippen LogP contribution in [0, 0.1) is 0 Å². The Bertz CT molecular complexity index is 479. The van der Waals surface area contributed by atoms with E-state index in [9.17, 15) is 4.79 Å². The molecule has 2 rings (SSSR count). The molecule has 2 heterocycles. The molecule has 0 fully saturated rings. The van der Waals surface area contributed by atoms with Crippen molar-refractivity contribution >= 4 is 17.7 Å². The average molecular weight is 252 g/mol. The number of hydrogen-bond donors (Lipinski definition) is 1. The number of rotatable bonds is 6. The van der Waals surface area contributed by atoms with Crippen LogP contribution in [0.25, 0.3) is 0 Å². The molecule has 0 saturated heterocycles. The van der Waals surface area contributed by atoms with E-state index in [-0.39, 0.29) is 6.42 Å². The maximum atomic E-state index is 10.4. The molecule has 17 heavy (non-hydrogen) atoms. The summed E-state index contributed by atoms with van der Waals surface area (Å²) in [5.41, 5.74) is 0. The van der Waals surface area contributed by atoms with Crippen LogP contribution in [0.2, 0.25) is 0 Å². The van der Waals surface area contributed by atoms with E-state index < -0.39 is 5.97 Å². The lowest BCUT2D eigenvalue weighted by atomic mass is 10.4. The molecule has 6 heteroatoms. The summed E-state index contributed by atoms with van der Waals surface area (Å²) in [5, 5.41) is 9.37. The molecule has 0 aliphatic heterocycles. The molecular weight excluding hydrogens is 240 g/mol. The van der Waals surface area contributed by atoms with Gasteiger partial charge in [-0.1, -0.05) is 11.8 Å². The van der Waals surface area contributed by atoms with Crippen molar-refractivity contribution in [1.82, 2.24) is 9.55 Å². The number of carbonyl (C=O) groups is 1. The van der Waals surface area contributed by atoms with Gasteiger partial charge in [-0.15, -0.1) is 0 Å². The monoisotopic (exact) mass is 252 g/mol. The van der Waals surface area contributed by atoms with Crippen LogP contribution in [0.15, 0.2) is 40.4 Å². The highest BCUT2D eigenvalue weighted by Gasteiger charge is 2.06. The van der Waals surface area contributed by atoms with E-state index in [1.54, 1.807) is 12.5 Å². The molecule has 90 valence electrons. The Hall–Kier alpha value is -1.69. The van der Waals surface area contributed by atoms with Crippen molar-refractivity contribution in [3.05, 3.63) is 36.5 Å². The molecule has 5 nitrogen and oxygen atoms in total. The predicted molar refractivity (Wildman–Crippen MR) is 63.0 cm³/mol. The van der Waals surface area contributed by atoms with E-state index >= 15 is 0 Å². The van der Waals surface area contributed by atoms with Crippen molar-refractivity contribution in [2.45, 2.75) is 18.1 Å². The molecule has 0 aliphatic carbocycles. The topological polar surface area (TPSA) is 68.3 Å². The van der Waals surface area contributed by atoms with Crippen LogP contribution in [0.4, 0.5) is 0 Å². The second kappa shape index (κ2) is 5.58. The van der Waals surface area contributed by atoms with Crippen LogP contribution in [0.5, 0.6) is 0 Å². The molecule has 0 atom stereocenters. The molecule has 0 aromatic carbocycles. The molecule has 0 amide bonds. The Balaban J connectivity index is 1.94. The van der Waals surface area contributed by atoms with Gasteiger partial charge in [0.05, 0.1) is 19.2 Å². The van der Waals surface area contributed by atoms with Gasteiger partial charge in [0.2, 0.25) is 0 Å². The quantitative estimate of drug-likeness (QED) is 0.797. The summed E-state index contributed by atoms with van der Waals surface area (Å²) >= 11 is 1.43. The van der Waals surface area contributed by atoms with Gasteiger partial charge in [0, 0.05) is 18.1 Å². The third-order valence-corrected chi connectivity index (χ3v) is 3.14. The first-order valence-corrected chi connectivity index (χ1v) is 6.12. The maximum absolute atomic E-state index is 10.4. The molecule has 2 aromatic rings. The summed E-state index contributed by atoms with van der Waals surface area (Å²) in [5.74, 6) is 0.578. The SMILES string of the molecule is O=C(O)CCSc1nccn1Cc1ccco1. The Kier molecular flexibility index (Phi) is 3.87. The summed E-state index contributed by atoms with van der Waals surface area (Å²) in [7, 11) is 0. The molecule has 0 radical (unpaired) electrons. The third-order valence-electron chi connectivity index (χ3n) is 2.13. The van der Waals surface area contributed by atoms with E-state index in [2.05, 4.69) is 4.98 Å². The van der Waals surface area contributed by atoms with Crippen LogP contribution < -0.4 is 0 Å². The average Bonchev–Trinajstić information content (AvgIpc) is 2.91. The van der Waals surface area contributed by atoms with Gasteiger partial charge in [-0.05, 0) is 12.1 Å². The van der Waals surface area contributed by atoms with Gasteiger partial charge >= 0.3 is 5.97 Å². The molecule has 0 spiro atoms. The van der Waals surface area contributed by atoms with Gasteiger partial charge in [0.1, 0.15) is 5.76 Å². The number of aliphatic carboxylic acids is 1. The van der Waals surface area contributed by atoms with Gasteiger partial charge < -0.3 is 14.1 Å². The number of thioether (sulfide) groups is 1. The predicted octanol–water partition coefficient (Wildman–Crippen LogP) is 2.09. The molecule has 0 saturated carbocycles. The summed E-state index contributed by atoms with van der Waals surface area (Å²) in [6.07, 6.45) is 5.32.